The van der Waals surface area contributed by atoms with E-state index >= 15 is 0 Å². The summed E-state index contributed by atoms with van der Waals surface area (Å²) >= 11 is 1.41. The minimum atomic E-state index is -0.440. The van der Waals surface area contributed by atoms with Crippen molar-refractivity contribution in [3.05, 3.63) is 83.9 Å². The van der Waals surface area contributed by atoms with Gasteiger partial charge in [0, 0.05) is 34.8 Å². The van der Waals surface area contributed by atoms with Gasteiger partial charge in [0.05, 0.1) is 6.54 Å². The fourth-order valence-electron chi connectivity index (χ4n) is 3.31. The Labute approximate surface area is 189 Å². The summed E-state index contributed by atoms with van der Waals surface area (Å²) in [6, 6.07) is 16.8. The fraction of sp³-hybridized carbons (Fsp3) is 0.167. The van der Waals surface area contributed by atoms with E-state index in [9.17, 15) is 9.59 Å². The van der Waals surface area contributed by atoms with Crippen LogP contribution in [0.3, 0.4) is 0 Å². The molecular formula is C24H22N4O3S. The van der Waals surface area contributed by atoms with Crippen molar-refractivity contribution in [3.63, 3.8) is 0 Å². The van der Waals surface area contributed by atoms with Crippen molar-refractivity contribution in [2.45, 2.75) is 24.3 Å². The van der Waals surface area contributed by atoms with E-state index in [4.69, 9.17) is 4.42 Å². The number of thioether (sulfide) groups is 1. The first-order chi connectivity index (χ1) is 15.7. The minimum absolute atomic E-state index is 0.164. The number of amides is 2. The van der Waals surface area contributed by atoms with Gasteiger partial charge in [0.15, 0.2) is 10.9 Å². The molecule has 0 saturated carbocycles. The Morgan fingerprint density at radius 3 is 2.56 bits per heavy atom. The third kappa shape index (κ3) is 4.97. The number of benzene rings is 2. The van der Waals surface area contributed by atoms with E-state index in [-0.39, 0.29) is 18.2 Å². The Bertz CT molecular complexity index is 1240. The molecule has 4 rings (SSSR count). The van der Waals surface area contributed by atoms with Crippen LogP contribution in [-0.2, 0) is 17.0 Å². The summed E-state index contributed by atoms with van der Waals surface area (Å²) in [6.07, 6.45) is 4.14. The summed E-state index contributed by atoms with van der Waals surface area (Å²) in [5.41, 5.74) is 3.14. The molecule has 0 atom stereocenters. The van der Waals surface area contributed by atoms with Crippen LogP contribution >= 0.6 is 11.8 Å². The highest BCUT2D eigenvalue weighted by molar-refractivity contribution is 7.98. The number of nitrogens with one attached hydrogen (secondary N) is 2. The maximum Gasteiger partial charge on any atom is 0.287 e. The van der Waals surface area contributed by atoms with Crippen LogP contribution in [0.5, 0.6) is 0 Å². The van der Waals surface area contributed by atoms with E-state index in [2.05, 4.69) is 20.6 Å². The van der Waals surface area contributed by atoms with Crippen LogP contribution in [-0.4, -0.2) is 28.3 Å². The number of fused-ring (bicyclic) bond motifs is 1. The molecule has 0 aliphatic carbocycles. The van der Waals surface area contributed by atoms with E-state index in [0.717, 1.165) is 28.6 Å². The highest BCUT2D eigenvalue weighted by Gasteiger charge is 2.21. The van der Waals surface area contributed by atoms with E-state index in [0.29, 0.717) is 16.5 Å². The Kier molecular flexibility index (Phi) is 6.81. The number of para-hydroxylation sites is 2. The lowest BCUT2D eigenvalue weighted by Gasteiger charge is -2.10. The highest BCUT2D eigenvalue weighted by atomic mass is 32.2. The quantitative estimate of drug-likeness (QED) is 0.307. The van der Waals surface area contributed by atoms with Gasteiger partial charge >= 0.3 is 0 Å². The summed E-state index contributed by atoms with van der Waals surface area (Å²) in [6.45, 7) is 1.86. The molecule has 0 radical (unpaired) electrons. The largest absolute Gasteiger partial charge is 0.451 e. The molecule has 2 heterocycles. The Morgan fingerprint density at radius 1 is 1.00 bits per heavy atom. The summed E-state index contributed by atoms with van der Waals surface area (Å²) < 4.78 is 5.84. The molecule has 0 spiro atoms. The molecule has 0 aliphatic heterocycles. The van der Waals surface area contributed by atoms with Crippen molar-refractivity contribution in [1.29, 1.82) is 0 Å². The van der Waals surface area contributed by atoms with Gasteiger partial charge in [-0.25, -0.2) is 9.97 Å². The lowest BCUT2D eigenvalue weighted by molar-refractivity contribution is -0.115. The van der Waals surface area contributed by atoms with Crippen molar-refractivity contribution in [2.24, 2.45) is 0 Å². The standard InChI is InChI=1S/C24H22N4O3S/c1-2-16-8-3-5-10-19(16)28-21(29)14-27-23(30)22-18(15-32-24-25-12-7-13-26-24)17-9-4-6-11-20(17)31-22/h3-13H,2,14-15H2,1H3,(H,27,30)(H,28,29). The SMILES string of the molecule is CCc1ccccc1NC(=O)CNC(=O)c1oc2ccccc2c1CSc1ncccn1. The number of furan rings is 1. The molecule has 0 fully saturated rings. The van der Waals surface area contributed by atoms with Crippen LogP contribution in [0.2, 0.25) is 0 Å². The van der Waals surface area contributed by atoms with E-state index in [1.807, 2.05) is 55.5 Å². The lowest BCUT2D eigenvalue weighted by Crippen LogP contribution is -2.33. The zero-order valence-corrected chi connectivity index (χ0v) is 18.3. The Morgan fingerprint density at radius 2 is 1.75 bits per heavy atom. The topological polar surface area (TPSA) is 97.1 Å². The number of aryl methyl sites for hydroxylation is 1. The monoisotopic (exact) mass is 446 g/mol. The first kappa shape index (κ1) is 21.6. The second-order valence-corrected chi connectivity index (χ2v) is 7.91. The maximum atomic E-state index is 12.9. The summed E-state index contributed by atoms with van der Waals surface area (Å²) in [4.78, 5) is 33.7. The van der Waals surface area contributed by atoms with E-state index < -0.39 is 5.91 Å². The number of hydrogen-bond acceptors (Lipinski definition) is 6. The van der Waals surface area contributed by atoms with Crippen molar-refractivity contribution in [2.75, 3.05) is 11.9 Å². The van der Waals surface area contributed by atoms with Gasteiger partial charge in [-0.3, -0.25) is 9.59 Å². The lowest BCUT2D eigenvalue weighted by atomic mass is 10.1. The first-order valence-corrected chi connectivity index (χ1v) is 11.2. The van der Waals surface area contributed by atoms with Crippen LogP contribution < -0.4 is 10.6 Å². The van der Waals surface area contributed by atoms with Gasteiger partial charge in [0.25, 0.3) is 5.91 Å². The number of rotatable bonds is 8. The third-order valence-electron chi connectivity index (χ3n) is 4.87. The average Bonchev–Trinajstić information content (AvgIpc) is 3.21. The van der Waals surface area contributed by atoms with Crippen molar-refractivity contribution in [3.8, 4) is 0 Å². The molecule has 2 aromatic carbocycles. The van der Waals surface area contributed by atoms with Gasteiger partial charge < -0.3 is 15.1 Å². The molecule has 32 heavy (non-hydrogen) atoms. The van der Waals surface area contributed by atoms with Gasteiger partial charge in [0.2, 0.25) is 5.91 Å². The number of carbonyl (C=O) groups is 2. The van der Waals surface area contributed by atoms with Gasteiger partial charge in [-0.2, -0.15) is 0 Å². The van der Waals surface area contributed by atoms with Gasteiger partial charge in [-0.15, -0.1) is 0 Å². The Balaban J connectivity index is 1.47. The molecule has 2 aromatic heterocycles. The normalized spacial score (nSPS) is 10.8. The Hall–Kier alpha value is -3.65. The smallest absolute Gasteiger partial charge is 0.287 e. The molecule has 2 N–H and O–H groups in total. The zero-order chi connectivity index (χ0) is 22.3. The fourth-order valence-corrected chi connectivity index (χ4v) is 4.14. The van der Waals surface area contributed by atoms with Gasteiger partial charge in [0.1, 0.15) is 5.58 Å². The number of aromatic nitrogens is 2. The average molecular weight is 447 g/mol. The van der Waals surface area contributed by atoms with Crippen LogP contribution in [0.4, 0.5) is 5.69 Å². The molecule has 0 saturated heterocycles. The number of nitrogens with zero attached hydrogens (tertiary/aromatic N) is 2. The predicted molar refractivity (Wildman–Crippen MR) is 125 cm³/mol. The number of hydrogen-bond donors (Lipinski definition) is 2. The molecule has 7 nitrogen and oxygen atoms in total. The molecule has 0 aliphatic rings. The number of carbonyl (C=O) groups excluding carboxylic acids is 2. The molecule has 0 bridgehead atoms. The second kappa shape index (κ2) is 10.1. The molecular weight excluding hydrogens is 424 g/mol. The molecule has 2 amide bonds. The van der Waals surface area contributed by atoms with Crippen LogP contribution in [0.15, 0.2) is 76.6 Å². The number of anilines is 1. The molecule has 0 unspecified atom stereocenters. The van der Waals surface area contributed by atoms with Crippen molar-refractivity contribution in [1.82, 2.24) is 15.3 Å². The zero-order valence-electron chi connectivity index (χ0n) is 17.5. The summed E-state index contributed by atoms with van der Waals surface area (Å²) in [7, 11) is 0. The van der Waals surface area contributed by atoms with Gasteiger partial charge in [-0.05, 0) is 30.2 Å². The first-order valence-electron chi connectivity index (χ1n) is 10.2. The van der Waals surface area contributed by atoms with Crippen LogP contribution in [0.1, 0.15) is 28.6 Å². The van der Waals surface area contributed by atoms with Gasteiger partial charge in [-0.1, -0.05) is 55.1 Å². The maximum absolute atomic E-state index is 12.9. The summed E-state index contributed by atoms with van der Waals surface area (Å²) in [5, 5.41) is 6.98. The van der Waals surface area contributed by atoms with Crippen molar-refractivity contribution >= 4 is 40.2 Å². The van der Waals surface area contributed by atoms with Crippen molar-refractivity contribution < 1.29 is 14.0 Å². The van der Waals surface area contributed by atoms with Crippen LogP contribution in [0.25, 0.3) is 11.0 Å². The predicted octanol–water partition coefficient (Wildman–Crippen LogP) is 4.45. The summed E-state index contributed by atoms with van der Waals surface area (Å²) in [5.74, 6) is -0.0927. The van der Waals surface area contributed by atoms with E-state index in [1.165, 1.54) is 11.8 Å². The molecule has 4 aromatic rings. The highest BCUT2D eigenvalue weighted by Crippen LogP contribution is 2.31. The minimum Gasteiger partial charge on any atom is -0.451 e. The molecule has 162 valence electrons. The second-order valence-electron chi connectivity index (χ2n) is 6.97. The van der Waals surface area contributed by atoms with Crippen LogP contribution in [0, 0.1) is 0 Å². The van der Waals surface area contributed by atoms with E-state index in [1.54, 1.807) is 18.5 Å². The molecule has 8 heteroatoms. The third-order valence-corrected chi connectivity index (χ3v) is 5.78.